The molecule has 1 unspecified atom stereocenters. The van der Waals surface area contributed by atoms with E-state index in [1.165, 1.54) is 0 Å². The number of fused-ring (bicyclic) bond motifs is 1. The third-order valence-corrected chi connectivity index (χ3v) is 3.95. The molecule has 2 aromatic heterocycles. The van der Waals surface area contributed by atoms with E-state index in [4.69, 9.17) is 9.15 Å². The van der Waals surface area contributed by atoms with Crippen LogP contribution >= 0.6 is 0 Å². The summed E-state index contributed by atoms with van der Waals surface area (Å²) in [7, 11) is 1.56. The molecule has 2 heterocycles. The lowest BCUT2D eigenvalue weighted by Gasteiger charge is -2.15. The van der Waals surface area contributed by atoms with Crippen molar-refractivity contribution in [3.05, 3.63) is 53.0 Å². The minimum Gasteiger partial charge on any atom is -0.481 e. The summed E-state index contributed by atoms with van der Waals surface area (Å²) in [6.07, 6.45) is 0.348. The fraction of sp³-hybridized carbons (Fsp3) is 0.333. The number of aryl methyl sites for hydroxylation is 2. The molecule has 0 saturated heterocycles. The number of hydrogen-bond donors (Lipinski definition) is 1. The molecule has 0 radical (unpaired) electrons. The van der Waals surface area contributed by atoms with Crippen LogP contribution in [0.1, 0.15) is 35.7 Å². The lowest BCUT2D eigenvalue weighted by Crippen LogP contribution is -2.08. The van der Waals surface area contributed by atoms with E-state index < -0.39 is 6.10 Å². The third kappa shape index (κ3) is 3.05. The first-order valence-corrected chi connectivity index (χ1v) is 7.69. The van der Waals surface area contributed by atoms with Crippen molar-refractivity contribution in [1.29, 1.82) is 0 Å². The molecule has 3 aromatic rings. The molecule has 0 fully saturated rings. The van der Waals surface area contributed by atoms with Crippen molar-refractivity contribution in [2.24, 2.45) is 0 Å². The molecule has 5 nitrogen and oxygen atoms in total. The van der Waals surface area contributed by atoms with E-state index in [1.54, 1.807) is 7.11 Å². The van der Waals surface area contributed by atoms with Gasteiger partial charge in [-0.25, -0.2) is 9.97 Å². The SMILES string of the molecule is CCc1cc(C(O)Cc2nc3ccccc3o2)c(OC)nc1C. The van der Waals surface area contributed by atoms with Crippen molar-refractivity contribution < 1.29 is 14.3 Å². The summed E-state index contributed by atoms with van der Waals surface area (Å²) in [6.45, 7) is 4.01. The Morgan fingerprint density at radius 1 is 1.26 bits per heavy atom. The van der Waals surface area contributed by atoms with Gasteiger partial charge in [0, 0.05) is 11.3 Å². The molecule has 0 amide bonds. The first-order valence-electron chi connectivity index (χ1n) is 7.69. The van der Waals surface area contributed by atoms with Crippen molar-refractivity contribution in [2.45, 2.75) is 32.8 Å². The summed E-state index contributed by atoms with van der Waals surface area (Å²) in [6, 6.07) is 9.51. The third-order valence-electron chi connectivity index (χ3n) is 3.95. The highest BCUT2D eigenvalue weighted by Crippen LogP contribution is 2.29. The van der Waals surface area contributed by atoms with Gasteiger partial charge in [0.1, 0.15) is 5.52 Å². The number of oxazole rings is 1. The average molecular weight is 312 g/mol. The number of aliphatic hydroxyl groups is 1. The van der Waals surface area contributed by atoms with Gasteiger partial charge in [-0.15, -0.1) is 0 Å². The Hall–Kier alpha value is -2.40. The van der Waals surface area contributed by atoms with Gasteiger partial charge in [0.2, 0.25) is 5.88 Å². The summed E-state index contributed by atoms with van der Waals surface area (Å²) in [5, 5.41) is 10.6. The lowest BCUT2D eigenvalue weighted by molar-refractivity contribution is 0.164. The molecule has 0 aliphatic rings. The predicted molar refractivity (Wildman–Crippen MR) is 87.6 cm³/mol. The van der Waals surface area contributed by atoms with Crippen LogP contribution in [-0.2, 0) is 12.8 Å². The molecule has 120 valence electrons. The van der Waals surface area contributed by atoms with Gasteiger partial charge in [0.25, 0.3) is 0 Å². The number of aliphatic hydroxyl groups excluding tert-OH is 1. The van der Waals surface area contributed by atoms with Crippen LogP contribution in [0.4, 0.5) is 0 Å². The maximum atomic E-state index is 10.6. The predicted octanol–water partition coefficient (Wildman–Crippen LogP) is 3.38. The molecule has 0 aliphatic heterocycles. The van der Waals surface area contributed by atoms with Crippen LogP contribution in [0.25, 0.3) is 11.1 Å². The molecular weight excluding hydrogens is 292 g/mol. The highest BCUT2D eigenvalue weighted by molar-refractivity contribution is 5.72. The second-order valence-corrected chi connectivity index (χ2v) is 5.48. The smallest absolute Gasteiger partial charge is 0.219 e. The van der Waals surface area contributed by atoms with Gasteiger partial charge in [-0.2, -0.15) is 0 Å². The Balaban J connectivity index is 1.91. The lowest BCUT2D eigenvalue weighted by atomic mass is 10.0. The van der Waals surface area contributed by atoms with E-state index in [0.29, 0.717) is 17.3 Å². The van der Waals surface area contributed by atoms with Crippen LogP contribution < -0.4 is 4.74 Å². The van der Waals surface area contributed by atoms with Gasteiger partial charge in [-0.05, 0) is 37.1 Å². The van der Waals surface area contributed by atoms with Crippen molar-refractivity contribution >= 4 is 11.1 Å². The normalized spacial score (nSPS) is 12.5. The van der Waals surface area contributed by atoms with Crippen molar-refractivity contribution in [3.8, 4) is 5.88 Å². The van der Waals surface area contributed by atoms with E-state index in [0.717, 1.165) is 28.8 Å². The molecule has 1 N–H and O–H groups in total. The van der Waals surface area contributed by atoms with Gasteiger partial charge in [0.05, 0.1) is 19.6 Å². The van der Waals surface area contributed by atoms with Crippen LogP contribution in [0.15, 0.2) is 34.7 Å². The van der Waals surface area contributed by atoms with Crippen LogP contribution in [0.2, 0.25) is 0 Å². The molecule has 5 heteroatoms. The number of pyridine rings is 1. The summed E-state index contributed by atoms with van der Waals surface area (Å²) >= 11 is 0. The van der Waals surface area contributed by atoms with Crippen LogP contribution in [0.5, 0.6) is 5.88 Å². The Morgan fingerprint density at radius 2 is 2.04 bits per heavy atom. The summed E-state index contributed by atoms with van der Waals surface area (Å²) in [5.74, 6) is 0.947. The number of hydrogen-bond acceptors (Lipinski definition) is 5. The van der Waals surface area contributed by atoms with E-state index >= 15 is 0 Å². The average Bonchev–Trinajstić information content (AvgIpc) is 2.96. The van der Waals surface area contributed by atoms with Crippen LogP contribution in [-0.4, -0.2) is 22.2 Å². The summed E-state index contributed by atoms with van der Waals surface area (Å²) in [5.41, 5.74) is 4.19. The number of rotatable bonds is 5. The molecule has 0 aliphatic carbocycles. The maximum Gasteiger partial charge on any atom is 0.219 e. The fourth-order valence-electron chi connectivity index (χ4n) is 2.69. The van der Waals surface area contributed by atoms with Gasteiger partial charge in [-0.3, -0.25) is 0 Å². The second kappa shape index (κ2) is 6.38. The number of nitrogens with zero attached hydrogens (tertiary/aromatic N) is 2. The van der Waals surface area contributed by atoms with Crippen LogP contribution in [0.3, 0.4) is 0 Å². The quantitative estimate of drug-likeness (QED) is 0.782. The molecule has 0 bridgehead atoms. The van der Waals surface area contributed by atoms with Gasteiger partial charge >= 0.3 is 0 Å². The minimum absolute atomic E-state index is 0.277. The molecule has 0 saturated carbocycles. The van der Waals surface area contributed by atoms with Crippen LogP contribution in [0, 0.1) is 6.92 Å². The summed E-state index contributed by atoms with van der Waals surface area (Å²) in [4.78, 5) is 8.84. The molecule has 3 rings (SSSR count). The first-order chi connectivity index (χ1) is 11.1. The number of aromatic nitrogens is 2. The molecular formula is C18H20N2O3. The zero-order chi connectivity index (χ0) is 16.4. The van der Waals surface area contributed by atoms with E-state index in [2.05, 4.69) is 16.9 Å². The molecule has 1 atom stereocenters. The fourth-order valence-corrected chi connectivity index (χ4v) is 2.69. The number of ether oxygens (including phenoxy) is 1. The van der Waals surface area contributed by atoms with Gasteiger partial charge < -0.3 is 14.3 Å². The topological polar surface area (TPSA) is 68.4 Å². The zero-order valence-electron chi connectivity index (χ0n) is 13.5. The standard InChI is InChI=1S/C18H20N2O3/c1-4-12-9-13(18(22-3)19-11(12)2)15(21)10-17-20-14-7-5-6-8-16(14)23-17/h5-9,15,21H,4,10H2,1-3H3. The largest absolute Gasteiger partial charge is 0.481 e. The van der Waals surface area contributed by atoms with E-state index in [9.17, 15) is 5.11 Å². The van der Waals surface area contributed by atoms with Gasteiger partial charge in [0.15, 0.2) is 11.5 Å². The van der Waals surface area contributed by atoms with Crippen molar-refractivity contribution in [3.63, 3.8) is 0 Å². The number of benzene rings is 1. The number of methoxy groups -OCH3 is 1. The van der Waals surface area contributed by atoms with Crippen molar-refractivity contribution in [2.75, 3.05) is 7.11 Å². The number of para-hydroxylation sites is 2. The van der Waals surface area contributed by atoms with E-state index in [-0.39, 0.29) is 6.42 Å². The molecule has 1 aromatic carbocycles. The highest BCUT2D eigenvalue weighted by atomic mass is 16.5. The zero-order valence-corrected chi connectivity index (χ0v) is 13.5. The van der Waals surface area contributed by atoms with Crippen molar-refractivity contribution in [1.82, 2.24) is 9.97 Å². The second-order valence-electron chi connectivity index (χ2n) is 5.48. The first kappa shape index (κ1) is 15.5. The minimum atomic E-state index is -0.781. The maximum absolute atomic E-state index is 10.6. The summed E-state index contributed by atoms with van der Waals surface area (Å²) < 4.78 is 11.0. The Morgan fingerprint density at radius 3 is 2.74 bits per heavy atom. The Kier molecular flexibility index (Phi) is 4.30. The Labute approximate surface area is 135 Å². The Bertz CT molecular complexity index is 793. The monoisotopic (exact) mass is 312 g/mol. The molecule has 23 heavy (non-hydrogen) atoms. The molecule has 0 spiro atoms. The van der Waals surface area contributed by atoms with Gasteiger partial charge in [-0.1, -0.05) is 19.1 Å². The highest BCUT2D eigenvalue weighted by Gasteiger charge is 2.20. The van der Waals surface area contributed by atoms with E-state index in [1.807, 2.05) is 37.3 Å².